The molecule has 3 rings (SSSR count). The first-order valence-corrected chi connectivity index (χ1v) is 8.02. The van der Waals surface area contributed by atoms with E-state index in [4.69, 9.17) is 4.74 Å². The van der Waals surface area contributed by atoms with Crippen LogP contribution in [0.1, 0.15) is 19.4 Å². The molecule has 116 valence electrons. The molecule has 0 aliphatic carbocycles. The van der Waals surface area contributed by atoms with Crippen LogP contribution in [0.4, 0.5) is 4.39 Å². The zero-order valence-corrected chi connectivity index (χ0v) is 13.3. The third-order valence-electron chi connectivity index (χ3n) is 3.49. The Morgan fingerprint density at radius 3 is 2.68 bits per heavy atom. The van der Waals surface area contributed by atoms with Gasteiger partial charge in [0.25, 0.3) is 5.91 Å². The van der Waals surface area contributed by atoms with Crippen molar-refractivity contribution in [2.45, 2.75) is 26.1 Å². The van der Waals surface area contributed by atoms with Crippen LogP contribution >= 0.6 is 11.8 Å². The van der Waals surface area contributed by atoms with Crippen molar-refractivity contribution in [1.29, 1.82) is 0 Å². The maximum Gasteiger partial charge on any atom is 0.286 e. The molecule has 1 saturated heterocycles. The van der Waals surface area contributed by atoms with E-state index in [0.717, 1.165) is 0 Å². The van der Waals surface area contributed by atoms with Gasteiger partial charge in [0.1, 0.15) is 5.82 Å². The molecule has 1 aromatic rings. The molecule has 1 fully saturated rings. The maximum absolute atomic E-state index is 13.7. The Hall–Kier alpha value is -1.66. The minimum Gasteiger partial charge on any atom is -0.372 e. The maximum atomic E-state index is 13.7. The molecule has 2 atom stereocenters. The fourth-order valence-electron chi connectivity index (χ4n) is 2.60. The summed E-state index contributed by atoms with van der Waals surface area (Å²) in [7, 11) is 0. The first-order valence-electron chi connectivity index (χ1n) is 7.20. The molecule has 0 unspecified atom stereocenters. The number of amidine groups is 1. The van der Waals surface area contributed by atoms with E-state index in [1.54, 1.807) is 24.3 Å². The normalized spacial score (nSPS) is 27.4. The SMILES string of the molecule is C[C@@H]1CN(C2=NC(=O)/C(=C/c3ccccc3F)S2)C[C@@H](C)O1. The molecular formula is C16H17FN2O2S. The molecule has 0 bridgehead atoms. The molecule has 0 aromatic heterocycles. The van der Waals surface area contributed by atoms with Crippen LogP contribution in [-0.4, -0.2) is 41.3 Å². The number of aliphatic imine (C=N–C) groups is 1. The zero-order valence-electron chi connectivity index (χ0n) is 12.5. The third-order valence-corrected chi connectivity index (χ3v) is 4.54. The summed E-state index contributed by atoms with van der Waals surface area (Å²) in [5.74, 6) is -0.652. The average molecular weight is 320 g/mol. The number of benzene rings is 1. The highest BCUT2D eigenvalue weighted by Crippen LogP contribution is 2.31. The molecule has 1 amide bonds. The summed E-state index contributed by atoms with van der Waals surface area (Å²) >= 11 is 1.30. The monoisotopic (exact) mass is 320 g/mol. The van der Waals surface area contributed by atoms with E-state index in [9.17, 15) is 9.18 Å². The quantitative estimate of drug-likeness (QED) is 0.746. The van der Waals surface area contributed by atoms with Gasteiger partial charge in [0.2, 0.25) is 0 Å². The molecule has 0 saturated carbocycles. The van der Waals surface area contributed by atoms with Crippen molar-refractivity contribution in [3.8, 4) is 0 Å². The van der Waals surface area contributed by atoms with Crippen LogP contribution in [0, 0.1) is 5.82 Å². The topological polar surface area (TPSA) is 41.9 Å². The number of morpholine rings is 1. The van der Waals surface area contributed by atoms with Crippen LogP contribution in [0.3, 0.4) is 0 Å². The van der Waals surface area contributed by atoms with Crippen molar-refractivity contribution >= 4 is 28.9 Å². The molecule has 0 N–H and O–H groups in total. The second-order valence-electron chi connectivity index (χ2n) is 5.49. The minimum atomic E-state index is -0.342. The Kier molecular flexibility index (Phi) is 4.31. The van der Waals surface area contributed by atoms with Gasteiger partial charge < -0.3 is 9.64 Å². The lowest BCUT2D eigenvalue weighted by Gasteiger charge is -2.35. The molecule has 2 aliphatic heterocycles. The van der Waals surface area contributed by atoms with E-state index in [0.29, 0.717) is 28.7 Å². The molecule has 2 heterocycles. The average Bonchev–Trinajstić information content (AvgIpc) is 2.82. The summed E-state index contributed by atoms with van der Waals surface area (Å²) in [6.07, 6.45) is 1.76. The van der Waals surface area contributed by atoms with Gasteiger partial charge >= 0.3 is 0 Å². The van der Waals surface area contributed by atoms with Crippen molar-refractivity contribution in [2.24, 2.45) is 4.99 Å². The van der Waals surface area contributed by atoms with Gasteiger partial charge in [0, 0.05) is 18.7 Å². The van der Waals surface area contributed by atoms with Crippen molar-refractivity contribution in [3.05, 3.63) is 40.6 Å². The van der Waals surface area contributed by atoms with Crippen LogP contribution in [0.15, 0.2) is 34.2 Å². The molecule has 4 nitrogen and oxygen atoms in total. The fourth-order valence-corrected chi connectivity index (χ4v) is 3.52. The van der Waals surface area contributed by atoms with Gasteiger partial charge in [-0.1, -0.05) is 18.2 Å². The Labute approximate surface area is 133 Å². The fraction of sp³-hybridized carbons (Fsp3) is 0.375. The number of ether oxygens (including phenoxy) is 1. The van der Waals surface area contributed by atoms with Gasteiger partial charge in [-0.15, -0.1) is 0 Å². The largest absolute Gasteiger partial charge is 0.372 e. The standard InChI is InChI=1S/C16H17FN2O2S/c1-10-8-19(9-11(2)21-10)16-18-15(20)14(22-16)7-12-5-3-4-6-13(12)17/h3-7,10-11H,8-9H2,1-2H3/b14-7-/t10-,11-/m1/s1. The lowest BCUT2D eigenvalue weighted by molar-refractivity contribution is -0.113. The highest BCUT2D eigenvalue weighted by Gasteiger charge is 2.31. The summed E-state index contributed by atoms with van der Waals surface area (Å²) in [4.78, 5) is 18.7. The second kappa shape index (κ2) is 6.22. The lowest BCUT2D eigenvalue weighted by atomic mass is 10.2. The third kappa shape index (κ3) is 3.23. The lowest BCUT2D eigenvalue weighted by Crippen LogP contribution is -2.47. The molecule has 0 radical (unpaired) electrons. The first kappa shape index (κ1) is 15.2. The summed E-state index contributed by atoms with van der Waals surface area (Å²) in [6, 6.07) is 6.39. The number of hydrogen-bond donors (Lipinski definition) is 0. The Morgan fingerprint density at radius 2 is 2.00 bits per heavy atom. The molecule has 6 heteroatoms. The van der Waals surface area contributed by atoms with Crippen LogP contribution in [0.2, 0.25) is 0 Å². The number of carbonyl (C=O) groups is 1. The highest BCUT2D eigenvalue weighted by molar-refractivity contribution is 8.18. The predicted molar refractivity (Wildman–Crippen MR) is 86.0 cm³/mol. The number of hydrogen-bond acceptors (Lipinski definition) is 4. The number of amides is 1. The van der Waals surface area contributed by atoms with E-state index in [1.807, 2.05) is 13.8 Å². The molecule has 0 spiro atoms. The molecule has 2 aliphatic rings. The van der Waals surface area contributed by atoms with Crippen LogP contribution in [0.25, 0.3) is 6.08 Å². The Morgan fingerprint density at radius 1 is 1.32 bits per heavy atom. The van der Waals surface area contributed by atoms with Gasteiger partial charge in [-0.3, -0.25) is 4.79 Å². The number of carbonyl (C=O) groups excluding carboxylic acids is 1. The first-order chi connectivity index (χ1) is 10.5. The number of nitrogens with zero attached hydrogens (tertiary/aromatic N) is 2. The summed E-state index contributed by atoms with van der Waals surface area (Å²) in [5, 5.41) is 0.676. The van der Waals surface area contributed by atoms with E-state index in [2.05, 4.69) is 9.89 Å². The van der Waals surface area contributed by atoms with Crippen LogP contribution < -0.4 is 0 Å². The molecular weight excluding hydrogens is 303 g/mol. The van der Waals surface area contributed by atoms with Gasteiger partial charge in [0.05, 0.1) is 17.1 Å². The van der Waals surface area contributed by atoms with Crippen LogP contribution in [-0.2, 0) is 9.53 Å². The Bertz CT molecular complexity index is 649. The van der Waals surface area contributed by atoms with Gasteiger partial charge in [-0.05, 0) is 37.8 Å². The van der Waals surface area contributed by atoms with E-state index in [1.165, 1.54) is 17.8 Å². The minimum absolute atomic E-state index is 0.0988. The number of thioether (sulfide) groups is 1. The number of rotatable bonds is 1. The van der Waals surface area contributed by atoms with Gasteiger partial charge in [0.15, 0.2) is 5.17 Å². The molecule has 1 aromatic carbocycles. The van der Waals surface area contributed by atoms with E-state index >= 15 is 0 Å². The van der Waals surface area contributed by atoms with Gasteiger partial charge in [-0.25, -0.2) is 4.39 Å². The van der Waals surface area contributed by atoms with Crippen molar-refractivity contribution in [1.82, 2.24) is 4.90 Å². The smallest absolute Gasteiger partial charge is 0.286 e. The Balaban J connectivity index is 1.78. The van der Waals surface area contributed by atoms with Crippen molar-refractivity contribution < 1.29 is 13.9 Å². The van der Waals surface area contributed by atoms with Crippen LogP contribution in [0.5, 0.6) is 0 Å². The molecule has 22 heavy (non-hydrogen) atoms. The zero-order chi connectivity index (χ0) is 15.7. The summed E-state index contributed by atoms with van der Waals surface area (Å²) in [5.41, 5.74) is 0.401. The van der Waals surface area contributed by atoms with Crippen molar-refractivity contribution in [3.63, 3.8) is 0 Å². The van der Waals surface area contributed by atoms with Gasteiger partial charge in [-0.2, -0.15) is 4.99 Å². The highest BCUT2D eigenvalue weighted by atomic mass is 32.2. The van der Waals surface area contributed by atoms with E-state index in [-0.39, 0.29) is 23.9 Å². The number of halogens is 1. The predicted octanol–water partition coefficient (Wildman–Crippen LogP) is 2.91. The summed E-state index contributed by atoms with van der Waals surface area (Å²) < 4.78 is 19.4. The summed E-state index contributed by atoms with van der Waals surface area (Å²) in [6.45, 7) is 5.41. The van der Waals surface area contributed by atoms with E-state index < -0.39 is 0 Å². The van der Waals surface area contributed by atoms with Crippen molar-refractivity contribution in [2.75, 3.05) is 13.1 Å². The second-order valence-corrected chi connectivity index (χ2v) is 6.50.